The third-order valence-corrected chi connectivity index (χ3v) is 6.12. The molecule has 1 aromatic carbocycles. The zero-order chi connectivity index (χ0) is 24.5. The second kappa shape index (κ2) is 9.53. The molecule has 1 amide bonds. The third kappa shape index (κ3) is 4.96. The van der Waals surface area contributed by atoms with Crippen molar-refractivity contribution in [3.05, 3.63) is 53.2 Å². The molecule has 4 rings (SSSR count). The number of ether oxygens (including phenoxy) is 1. The van der Waals surface area contributed by atoms with Crippen molar-refractivity contribution in [2.45, 2.75) is 64.1 Å². The van der Waals surface area contributed by atoms with Crippen molar-refractivity contribution in [2.24, 2.45) is 5.73 Å². The molecule has 34 heavy (non-hydrogen) atoms. The molecule has 0 aliphatic heterocycles. The van der Waals surface area contributed by atoms with Crippen LogP contribution in [-0.4, -0.2) is 33.4 Å². The Hall–Kier alpha value is -3.28. The summed E-state index contributed by atoms with van der Waals surface area (Å²) < 4.78 is 7.30. The number of hydrogen-bond acceptors (Lipinski definition) is 6. The highest BCUT2D eigenvalue weighted by Crippen LogP contribution is 2.37. The van der Waals surface area contributed by atoms with Crippen LogP contribution in [-0.2, 0) is 4.74 Å². The number of amides is 1. The van der Waals surface area contributed by atoms with Crippen LogP contribution in [0.15, 0.2) is 42.6 Å². The van der Waals surface area contributed by atoms with E-state index in [1.54, 1.807) is 67.9 Å². The van der Waals surface area contributed by atoms with Gasteiger partial charge >= 0.3 is 6.09 Å². The fourth-order valence-corrected chi connectivity index (χ4v) is 4.43. The van der Waals surface area contributed by atoms with Gasteiger partial charge in [0.05, 0.1) is 28.1 Å². The molecule has 0 spiro atoms. The number of benzene rings is 1. The fourth-order valence-electron chi connectivity index (χ4n) is 4.21. The van der Waals surface area contributed by atoms with E-state index in [2.05, 4.69) is 16.5 Å². The van der Waals surface area contributed by atoms with Crippen molar-refractivity contribution in [3.63, 3.8) is 0 Å². The molecule has 2 aromatic heterocycles. The lowest BCUT2D eigenvalue weighted by molar-refractivity contribution is 0.0597. The van der Waals surface area contributed by atoms with Crippen molar-refractivity contribution in [2.75, 3.05) is 10.2 Å². The first-order valence-corrected chi connectivity index (χ1v) is 11.8. The second-order valence-electron chi connectivity index (χ2n) is 9.55. The first-order chi connectivity index (χ1) is 16.2. The minimum absolute atomic E-state index is 0.181. The van der Waals surface area contributed by atoms with E-state index in [4.69, 9.17) is 22.1 Å². The zero-order valence-corrected chi connectivity index (χ0v) is 20.3. The lowest BCUT2D eigenvalue weighted by Gasteiger charge is -2.30. The maximum atomic E-state index is 13.5. The van der Waals surface area contributed by atoms with Gasteiger partial charge in [-0.05, 0) is 64.7 Å². The minimum atomic E-state index is -0.728. The summed E-state index contributed by atoms with van der Waals surface area (Å²) in [4.78, 5) is 14.9. The predicted molar refractivity (Wildman–Crippen MR) is 134 cm³/mol. The van der Waals surface area contributed by atoms with Gasteiger partial charge < -0.3 is 15.8 Å². The number of fused-ring (bicyclic) bond motifs is 1. The molecular formula is C25H29ClN6O2. The van der Waals surface area contributed by atoms with Crippen LogP contribution in [0.5, 0.6) is 0 Å². The van der Waals surface area contributed by atoms with Crippen LogP contribution in [0.4, 0.5) is 22.0 Å². The van der Waals surface area contributed by atoms with E-state index in [0.717, 1.165) is 25.7 Å². The maximum Gasteiger partial charge on any atom is 0.420 e. The molecule has 3 N–H and O–H groups in total. The van der Waals surface area contributed by atoms with E-state index in [-0.39, 0.29) is 12.1 Å². The number of pyridine rings is 1. The monoisotopic (exact) mass is 480 g/mol. The number of halogens is 1. The number of carbonyl (C=O) groups excluding carboxylic acids is 1. The number of carbonyl (C=O) groups is 1. The molecule has 0 unspecified atom stereocenters. The van der Waals surface area contributed by atoms with Crippen molar-refractivity contribution in [3.8, 4) is 6.07 Å². The zero-order valence-electron chi connectivity index (χ0n) is 19.6. The van der Waals surface area contributed by atoms with Crippen LogP contribution in [0.2, 0.25) is 5.02 Å². The summed E-state index contributed by atoms with van der Waals surface area (Å²) in [5.41, 5.74) is 7.46. The molecule has 0 saturated heterocycles. The Labute approximate surface area is 204 Å². The second-order valence-corrected chi connectivity index (χ2v) is 9.96. The Morgan fingerprint density at radius 2 is 1.97 bits per heavy atom. The molecule has 0 radical (unpaired) electrons. The van der Waals surface area contributed by atoms with E-state index in [1.807, 2.05) is 0 Å². The molecule has 1 saturated carbocycles. The summed E-state index contributed by atoms with van der Waals surface area (Å²) >= 11 is 6.52. The number of nitrogens with two attached hydrogens (primary N) is 1. The van der Waals surface area contributed by atoms with Gasteiger partial charge in [-0.1, -0.05) is 23.7 Å². The maximum absolute atomic E-state index is 13.5. The normalized spacial score (nSPS) is 18.4. The number of nitriles is 1. The lowest BCUT2D eigenvalue weighted by atomic mass is 9.91. The number of nitrogens with zero attached hydrogens (tertiary/aromatic N) is 4. The average Bonchev–Trinajstić information content (AvgIpc) is 3.25. The Morgan fingerprint density at radius 1 is 1.26 bits per heavy atom. The van der Waals surface area contributed by atoms with Crippen molar-refractivity contribution in [1.29, 1.82) is 5.26 Å². The number of rotatable bonds is 4. The summed E-state index contributed by atoms with van der Waals surface area (Å²) in [6.45, 7) is 5.41. The summed E-state index contributed by atoms with van der Waals surface area (Å²) in [7, 11) is 0. The van der Waals surface area contributed by atoms with Gasteiger partial charge in [-0.15, -0.1) is 0 Å². The van der Waals surface area contributed by atoms with E-state index in [0.29, 0.717) is 33.3 Å². The number of hydrogen-bond donors (Lipinski definition) is 2. The summed E-state index contributed by atoms with van der Waals surface area (Å²) in [5.74, 6) is 0.413. The summed E-state index contributed by atoms with van der Waals surface area (Å²) in [6.07, 6.45) is 4.66. The van der Waals surface area contributed by atoms with Crippen LogP contribution in [0.1, 0.15) is 52.0 Å². The highest BCUT2D eigenvalue weighted by Gasteiger charge is 2.30. The molecule has 0 bridgehead atoms. The summed E-state index contributed by atoms with van der Waals surface area (Å²) in [6, 6.07) is 13.3. The number of aromatic nitrogens is 2. The summed E-state index contributed by atoms with van der Waals surface area (Å²) in [5, 5.41) is 18.3. The molecule has 3 aromatic rings. The minimum Gasteiger partial charge on any atom is -0.443 e. The lowest BCUT2D eigenvalue weighted by Crippen LogP contribution is -2.35. The number of anilines is 3. The molecule has 0 atom stereocenters. The van der Waals surface area contributed by atoms with Crippen molar-refractivity contribution < 1.29 is 9.53 Å². The van der Waals surface area contributed by atoms with Gasteiger partial charge in [-0.25, -0.2) is 14.2 Å². The van der Waals surface area contributed by atoms with Crippen LogP contribution >= 0.6 is 11.6 Å². The number of nitrogens with one attached hydrogen (secondary N) is 1. The first kappa shape index (κ1) is 23.9. The fraction of sp³-hybridized carbons (Fsp3) is 0.400. The Morgan fingerprint density at radius 3 is 2.62 bits per heavy atom. The molecule has 1 fully saturated rings. The molecule has 1 aliphatic carbocycles. The van der Waals surface area contributed by atoms with E-state index < -0.39 is 11.7 Å². The highest BCUT2D eigenvalue weighted by molar-refractivity contribution is 6.34. The molecule has 8 nitrogen and oxygen atoms in total. The van der Waals surface area contributed by atoms with Gasteiger partial charge in [0, 0.05) is 18.2 Å². The van der Waals surface area contributed by atoms with Crippen molar-refractivity contribution >= 4 is 40.4 Å². The van der Waals surface area contributed by atoms with Gasteiger partial charge in [0.15, 0.2) is 0 Å². The average molecular weight is 481 g/mol. The van der Waals surface area contributed by atoms with Gasteiger partial charge in [0.2, 0.25) is 0 Å². The highest BCUT2D eigenvalue weighted by atomic mass is 35.5. The van der Waals surface area contributed by atoms with Gasteiger partial charge in [-0.3, -0.25) is 0 Å². The largest absolute Gasteiger partial charge is 0.443 e. The van der Waals surface area contributed by atoms with Gasteiger partial charge in [0.1, 0.15) is 23.1 Å². The Balaban J connectivity index is 1.87. The van der Waals surface area contributed by atoms with Crippen LogP contribution in [0.3, 0.4) is 0 Å². The molecule has 178 valence electrons. The topological polar surface area (TPSA) is 109 Å². The quantitative estimate of drug-likeness (QED) is 0.502. The third-order valence-electron chi connectivity index (χ3n) is 5.80. The van der Waals surface area contributed by atoms with Crippen molar-refractivity contribution in [1.82, 2.24) is 9.61 Å². The van der Waals surface area contributed by atoms with Crippen LogP contribution < -0.4 is 16.0 Å². The van der Waals surface area contributed by atoms with Crippen LogP contribution in [0.25, 0.3) is 5.52 Å². The standard InChI is InChI=1S/C25H29ClN6O2/c1-25(2,3)34-24(33)31(22-7-5-4-6-19(22)26)23-14-20(30-17-10-8-16(28)9-11-17)18(15-27)21-12-13-29-32(21)23/h4-7,12-14,16-17,30H,8-11,28H2,1-3H3/t16-,17-. The molecule has 9 heteroatoms. The van der Waals surface area contributed by atoms with Gasteiger partial charge in [0.25, 0.3) is 0 Å². The van der Waals surface area contributed by atoms with Gasteiger partial charge in [-0.2, -0.15) is 10.4 Å². The number of para-hydroxylation sites is 1. The van der Waals surface area contributed by atoms with E-state index in [9.17, 15) is 10.1 Å². The molecule has 2 heterocycles. The van der Waals surface area contributed by atoms with Crippen LogP contribution in [0, 0.1) is 11.3 Å². The van der Waals surface area contributed by atoms with E-state index in [1.165, 1.54) is 4.90 Å². The van der Waals surface area contributed by atoms with E-state index >= 15 is 0 Å². The first-order valence-electron chi connectivity index (χ1n) is 11.4. The SMILES string of the molecule is CC(C)(C)OC(=O)N(c1ccccc1Cl)c1cc(N[C@H]2CC[C@H](N)CC2)c(C#N)c2ccnn12. The predicted octanol–water partition coefficient (Wildman–Crippen LogP) is 5.61. The molecule has 1 aliphatic rings. The smallest absolute Gasteiger partial charge is 0.420 e. The Kier molecular flexibility index (Phi) is 6.69. The molecular weight excluding hydrogens is 452 g/mol. The Bertz CT molecular complexity index is 1230.